The molecular formula is C29H35NO6S. The smallest absolute Gasteiger partial charge is 0.307 e. The number of H-pyrrole nitrogens is 1. The minimum Gasteiger partial charge on any atom is -0.507 e. The fourth-order valence-electron chi connectivity index (χ4n) is 5.14. The summed E-state index contributed by atoms with van der Waals surface area (Å²) < 4.78 is 12.5. The van der Waals surface area contributed by atoms with E-state index in [0.717, 1.165) is 28.0 Å². The topological polar surface area (TPSA) is 109 Å². The van der Waals surface area contributed by atoms with Gasteiger partial charge in [-0.25, -0.2) is 0 Å². The third-order valence-electron chi connectivity index (χ3n) is 6.96. The molecule has 0 spiro atoms. The Kier molecular flexibility index (Phi) is 7.42. The molecule has 37 heavy (non-hydrogen) atoms. The summed E-state index contributed by atoms with van der Waals surface area (Å²) in [7, 11) is 0. The number of ketones is 1. The van der Waals surface area contributed by atoms with Gasteiger partial charge in [0.15, 0.2) is 5.78 Å². The van der Waals surface area contributed by atoms with Gasteiger partial charge < -0.3 is 19.7 Å². The van der Waals surface area contributed by atoms with Crippen molar-refractivity contribution in [2.24, 2.45) is 0 Å². The quantitative estimate of drug-likeness (QED) is 0.324. The number of phenols is 1. The van der Waals surface area contributed by atoms with Crippen molar-refractivity contribution in [3.63, 3.8) is 0 Å². The number of fused-ring (bicyclic) bond motifs is 1. The molecule has 0 saturated carbocycles. The van der Waals surface area contributed by atoms with Crippen LogP contribution >= 0.6 is 11.3 Å². The van der Waals surface area contributed by atoms with Gasteiger partial charge in [-0.05, 0) is 48.9 Å². The molecule has 3 aromatic rings. The third-order valence-corrected chi connectivity index (χ3v) is 7.83. The van der Waals surface area contributed by atoms with Gasteiger partial charge in [0.1, 0.15) is 22.8 Å². The highest BCUT2D eigenvalue weighted by molar-refractivity contribution is 7.09. The number of hydrogen-bond acceptors (Lipinski definition) is 7. The Labute approximate surface area is 221 Å². The minimum atomic E-state index is -0.725. The van der Waals surface area contributed by atoms with E-state index in [0.29, 0.717) is 47.0 Å². The van der Waals surface area contributed by atoms with Crippen molar-refractivity contribution in [1.29, 1.82) is 0 Å². The number of phenolic OH excluding ortho intramolecular Hbond substituents is 1. The lowest BCUT2D eigenvalue weighted by atomic mass is 9.80. The number of benzene rings is 2. The Hall–Kier alpha value is -3.26. The van der Waals surface area contributed by atoms with Crippen LogP contribution < -0.4 is 14.3 Å². The fraction of sp³-hybridized carbons (Fsp3) is 0.448. The van der Waals surface area contributed by atoms with E-state index in [1.165, 1.54) is 0 Å². The van der Waals surface area contributed by atoms with Crippen LogP contribution in [0.2, 0.25) is 0 Å². The average molecular weight is 526 g/mol. The molecule has 1 aromatic heterocycles. The summed E-state index contributed by atoms with van der Waals surface area (Å²) in [6, 6.07) is 7.49. The number of thiazole rings is 1. The molecule has 0 radical (unpaired) electrons. The SMILES string of the molecule is Cc1c2c(c(C(C)C)c(O)c1C(C)C)C(=O)CC(C)(CCOc1ccc(Cc3sc(=O)[nH]c3O)cc1)O2. The molecule has 7 nitrogen and oxygen atoms in total. The normalized spacial score (nSPS) is 17.2. The van der Waals surface area contributed by atoms with Crippen LogP contribution in [0.25, 0.3) is 0 Å². The van der Waals surface area contributed by atoms with E-state index in [2.05, 4.69) is 4.98 Å². The first-order valence-electron chi connectivity index (χ1n) is 12.6. The second-order valence-corrected chi connectivity index (χ2v) is 11.7. The van der Waals surface area contributed by atoms with Crippen molar-refractivity contribution in [2.45, 2.75) is 78.2 Å². The number of nitrogens with one attached hydrogen (secondary N) is 1. The van der Waals surface area contributed by atoms with Gasteiger partial charge in [0.2, 0.25) is 5.88 Å². The zero-order valence-corrected chi connectivity index (χ0v) is 23.0. The first-order valence-corrected chi connectivity index (χ1v) is 13.5. The number of rotatable bonds is 8. The maximum absolute atomic E-state index is 13.4. The number of carbonyl (C=O) groups is 1. The number of hydrogen-bond donors (Lipinski definition) is 3. The second kappa shape index (κ2) is 10.2. The van der Waals surface area contributed by atoms with Gasteiger partial charge in [-0.1, -0.05) is 51.2 Å². The minimum absolute atomic E-state index is 0.0131. The molecule has 0 saturated heterocycles. The van der Waals surface area contributed by atoms with E-state index in [1.807, 2.05) is 65.8 Å². The summed E-state index contributed by atoms with van der Waals surface area (Å²) in [5.74, 6) is 1.47. The number of carbonyl (C=O) groups excluding carboxylic acids is 1. The Morgan fingerprint density at radius 1 is 1.08 bits per heavy atom. The summed E-state index contributed by atoms with van der Waals surface area (Å²) in [6.45, 7) is 12.2. The van der Waals surface area contributed by atoms with E-state index in [4.69, 9.17) is 9.47 Å². The maximum Gasteiger partial charge on any atom is 0.307 e. The average Bonchev–Trinajstić information content (AvgIpc) is 3.11. The molecule has 3 N–H and O–H groups in total. The molecule has 1 unspecified atom stereocenters. The van der Waals surface area contributed by atoms with Crippen LogP contribution in [0.3, 0.4) is 0 Å². The molecule has 8 heteroatoms. The number of Topliss-reactive ketones (excluding diaryl/α,β-unsaturated/α-hetero) is 1. The number of aromatic amines is 1. The Balaban J connectivity index is 1.47. The summed E-state index contributed by atoms with van der Waals surface area (Å²) in [6.07, 6.45) is 1.18. The summed E-state index contributed by atoms with van der Waals surface area (Å²) >= 11 is 0.997. The first-order chi connectivity index (χ1) is 17.4. The van der Waals surface area contributed by atoms with Crippen molar-refractivity contribution in [1.82, 2.24) is 4.98 Å². The Morgan fingerprint density at radius 2 is 1.73 bits per heavy atom. The highest BCUT2D eigenvalue weighted by Crippen LogP contribution is 2.48. The molecule has 1 atom stereocenters. The van der Waals surface area contributed by atoms with Crippen LogP contribution in [0.1, 0.15) is 96.8 Å². The summed E-state index contributed by atoms with van der Waals surface area (Å²) in [4.78, 5) is 27.5. The van der Waals surface area contributed by atoms with Gasteiger partial charge in [-0.2, -0.15) is 0 Å². The van der Waals surface area contributed by atoms with E-state index >= 15 is 0 Å². The van der Waals surface area contributed by atoms with Crippen molar-refractivity contribution >= 4 is 17.1 Å². The van der Waals surface area contributed by atoms with Crippen LogP contribution in [0.5, 0.6) is 23.1 Å². The number of aromatic nitrogens is 1. The maximum atomic E-state index is 13.4. The molecular weight excluding hydrogens is 490 g/mol. The van der Waals surface area contributed by atoms with Crippen molar-refractivity contribution < 1.29 is 24.5 Å². The lowest BCUT2D eigenvalue weighted by Gasteiger charge is -2.38. The van der Waals surface area contributed by atoms with E-state index in [1.54, 1.807) is 0 Å². The predicted octanol–water partition coefficient (Wildman–Crippen LogP) is 6.19. The Morgan fingerprint density at radius 3 is 2.30 bits per heavy atom. The van der Waals surface area contributed by atoms with Crippen LogP contribution in [-0.4, -0.2) is 33.2 Å². The number of ether oxygens (including phenoxy) is 2. The zero-order chi connectivity index (χ0) is 27.1. The largest absolute Gasteiger partial charge is 0.507 e. The first kappa shape index (κ1) is 26.8. The molecule has 0 amide bonds. The van der Waals surface area contributed by atoms with Gasteiger partial charge in [0.25, 0.3) is 0 Å². The second-order valence-electron chi connectivity index (χ2n) is 10.7. The predicted molar refractivity (Wildman–Crippen MR) is 145 cm³/mol. The molecule has 1 aliphatic rings. The van der Waals surface area contributed by atoms with Crippen molar-refractivity contribution in [2.75, 3.05) is 6.61 Å². The van der Waals surface area contributed by atoms with Gasteiger partial charge in [-0.3, -0.25) is 14.6 Å². The van der Waals surface area contributed by atoms with E-state index in [9.17, 15) is 19.8 Å². The van der Waals surface area contributed by atoms with Crippen LogP contribution in [0.15, 0.2) is 29.1 Å². The zero-order valence-electron chi connectivity index (χ0n) is 22.2. The standard InChI is InChI=1S/C29H35NO6S/c1-15(2)22-17(5)26-24(23(16(3)4)25(22)32)20(31)14-29(6,36-26)11-12-35-19-9-7-18(8-10-19)13-21-27(33)30-28(34)37-21/h7-10,15-16,32-33H,11-14H2,1-6H3,(H,30,34). The van der Waals surface area contributed by atoms with Crippen LogP contribution in [-0.2, 0) is 6.42 Å². The number of aromatic hydroxyl groups is 2. The lowest BCUT2D eigenvalue weighted by Crippen LogP contribution is -2.41. The molecule has 0 fully saturated rings. The summed E-state index contributed by atoms with van der Waals surface area (Å²) in [5.41, 5.74) is 3.06. The molecule has 1 aliphatic heterocycles. The molecule has 0 aliphatic carbocycles. The highest BCUT2D eigenvalue weighted by Gasteiger charge is 2.41. The van der Waals surface area contributed by atoms with Crippen LogP contribution in [0, 0.1) is 6.92 Å². The molecule has 2 aromatic carbocycles. The molecule has 4 rings (SSSR count). The van der Waals surface area contributed by atoms with E-state index < -0.39 is 5.60 Å². The monoisotopic (exact) mass is 525 g/mol. The summed E-state index contributed by atoms with van der Waals surface area (Å²) in [5, 5.41) is 20.8. The van der Waals surface area contributed by atoms with Crippen molar-refractivity contribution in [3.05, 3.63) is 66.6 Å². The van der Waals surface area contributed by atoms with Crippen LogP contribution in [0.4, 0.5) is 0 Å². The fourth-order valence-corrected chi connectivity index (χ4v) is 5.90. The van der Waals surface area contributed by atoms with Gasteiger partial charge >= 0.3 is 4.87 Å². The van der Waals surface area contributed by atoms with Crippen molar-refractivity contribution in [3.8, 4) is 23.1 Å². The third kappa shape index (κ3) is 5.39. The highest BCUT2D eigenvalue weighted by atomic mass is 32.1. The van der Waals surface area contributed by atoms with Gasteiger partial charge in [-0.15, -0.1) is 0 Å². The molecule has 0 bridgehead atoms. The molecule has 2 heterocycles. The van der Waals surface area contributed by atoms with E-state index in [-0.39, 0.29) is 40.5 Å². The molecule has 198 valence electrons. The van der Waals surface area contributed by atoms with Gasteiger partial charge in [0, 0.05) is 24.0 Å². The lowest BCUT2D eigenvalue weighted by molar-refractivity contribution is 0.0371. The van der Waals surface area contributed by atoms with Gasteiger partial charge in [0.05, 0.1) is 23.5 Å². The Bertz CT molecular complexity index is 1370.